The number of rotatable bonds is 4. The summed E-state index contributed by atoms with van der Waals surface area (Å²) in [6.45, 7) is 1.79. The van der Waals surface area contributed by atoms with Crippen LogP contribution in [0.4, 0.5) is 11.4 Å². The highest BCUT2D eigenvalue weighted by atomic mass is 32.2. The van der Waals surface area contributed by atoms with Gasteiger partial charge in [-0.1, -0.05) is 30.3 Å². The Kier molecular flexibility index (Phi) is 4.16. The number of hydrogen-bond donors (Lipinski definition) is 1. The molecule has 0 bridgehead atoms. The van der Waals surface area contributed by atoms with Gasteiger partial charge >= 0.3 is 0 Å². The second-order valence-corrected chi connectivity index (χ2v) is 4.98. The summed E-state index contributed by atoms with van der Waals surface area (Å²) >= 11 is -2.57. The van der Waals surface area contributed by atoms with E-state index in [1.165, 1.54) is 6.07 Å². The summed E-state index contributed by atoms with van der Waals surface area (Å²) in [6.07, 6.45) is 0. The molecular weight excluding hydrogens is 276 g/mol. The molecule has 2 aromatic carbocycles. The topological polar surface area (TPSA) is 86.5 Å². The maximum absolute atomic E-state index is 11.6. The third-order valence-corrected chi connectivity index (χ3v) is 3.56. The van der Waals surface area contributed by atoms with Crippen LogP contribution >= 0.6 is 0 Å². The predicted octanol–water partition coefficient (Wildman–Crippen LogP) is 2.03. The number of carbonyl (C=O) groups is 1. The van der Waals surface area contributed by atoms with Gasteiger partial charge in [-0.05, 0) is 30.7 Å². The number of nitrogens with zero attached hydrogens (tertiary/aromatic N) is 1. The average Bonchev–Trinajstić information content (AvgIpc) is 2.41. The Bertz CT molecular complexity index is 673. The van der Waals surface area contributed by atoms with Crippen LogP contribution in [0.2, 0.25) is 0 Å². The molecule has 0 aliphatic carbocycles. The van der Waals surface area contributed by atoms with Gasteiger partial charge in [-0.2, -0.15) is 0 Å². The highest BCUT2D eigenvalue weighted by Gasteiger charge is 2.18. The Hall–Kier alpha value is -2.18. The minimum absolute atomic E-state index is 0.153. The highest BCUT2D eigenvalue weighted by molar-refractivity contribution is 7.81. The summed E-state index contributed by atoms with van der Waals surface area (Å²) in [5, 5.41) is 0. The van der Waals surface area contributed by atoms with Crippen molar-refractivity contribution in [2.24, 2.45) is 5.73 Å². The minimum Gasteiger partial charge on any atom is -0.755 e. The molecule has 1 amide bonds. The molecule has 0 radical (unpaired) electrons. The first kappa shape index (κ1) is 14.2. The number of benzene rings is 2. The van der Waals surface area contributed by atoms with Gasteiger partial charge in [0.25, 0.3) is 5.91 Å². The lowest BCUT2D eigenvalue weighted by Crippen LogP contribution is -2.24. The van der Waals surface area contributed by atoms with E-state index in [0.717, 1.165) is 9.87 Å². The van der Waals surface area contributed by atoms with Crippen molar-refractivity contribution >= 4 is 28.5 Å². The van der Waals surface area contributed by atoms with Crippen molar-refractivity contribution in [3.8, 4) is 0 Å². The number of amides is 1. The standard InChI is InChI=1S/C14H14N2O3S/c1-10-6-2-4-8-12(10)16(20(18)19)13-9-5-3-7-11(13)14(15)17/h2-9H,1H3,(H2,15,17)(H,18,19)/p-1. The molecule has 2 N–H and O–H groups in total. The van der Waals surface area contributed by atoms with Crippen molar-refractivity contribution in [2.75, 3.05) is 4.31 Å². The van der Waals surface area contributed by atoms with E-state index < -0.39 is 17.2 Å². The molecule has 104 valence electrons. The van der Waals surface area contributed by atoms with Crippen LogP contribution in [0, 0.1) is 6.92 Å². The Labute approximate surface area is 119 Å². The monoisotopic (exact) mass is 289 g/mol. The smallest absolute Gasteiger partial charge is 0.250 e. The lowest BCUT2D eigenvalue weighted by Gasteiger charge is -2.29. The highest BCUT2D eigenvalue weighted by Crippen LogP contribution is 2.31. The van der Waals surface area contributed by atoms with E-state index in [2.05, 4.69) is 0 Å². The molecule has 5 nitrogen and oxygen atoms in total. The summed E-state index contributed by atoms with van der Waals surface area (Å²) in [5.41, 5.74) is 6.95. The first-order chi connectivity index (χ1) is 9.52. The van der Waals surface area contributed by atoms with Gasteiger partial charge in [0.15, 0.2) is 0 Å². The number of para-hydroxylation sites is 2. The van der Waals surface area contributed by atoms with Crippen LogP contribution in [0.15, 0.2) is 48.5 Å². The van der Waals surface area contributed by atoms with Crippen LogP contribution in [0.1, 0.15) is 15.9 Å². The molecule has 2 rings (SSSR count). The van der Waals surface area contributed by atoms with E-state index in [4.69, 9.17) is 5.73 Å². The second kappa shape index (κ2) is 5.85. The molecule has 0 heterocycles. The number of primary amides is 1. The summed E-state index contributed by atoms with van der Waals surface area (Å²) < 4.78 is 24.3. The molecule has 0 fully saturated rings. The third kappa shape index (κ3) is 2.71. The summed E-state index contributed by atoms with van der Waals surface area (Å²) in [5.74, 6) is -0.676. The van der Waals surface area contributed by atoms with Gasteiger partial charge in [-0.3, -0.25) is 13.3 Å². The largest absolute Gasteiger partial charge is 0.755 e. The second-order valence-electron chi connectivity index (χ2n) is 4.18. The lowest BCUT2D eigenvalue weighted by atomic mass is 10.1. The van der Waals surface area contributed by atoms with E-state index in [-0.39, 0.29) is 11.3 Å². The number of aryl methyl sites for hydroxylation is 1. The van der Waals surface area contributed by atoms with E-state index in [1.54, 1.807) is 43.3 Å². The Morgan fingerprint density at radius 1 is 1.10 bits per heavy atom. The Balaban J connectivity index is 2.65. The molecule has 0 spiro atoms. The zero-order valence-electron chi connectivity index (χ0n) is 10.8. The molecule has 0 aromatic heterocycles. The zero-order valence-corrected chi connectivity index (χ0v) is 11.6. The van der Waals surface area contributed by atoms with Crippen LogP contribution in [0.5, 0.6) is 0 Å². The van der Waals surface area contributed by atoms with Gasteiger partial charge in [0.2, 0.25) is 0 Å². The number of hydrogen-bond acceptors (Lipinski definition) is 3. The van der Waals surface area contributed by atoms with Crippen LogP contribution < -0.4 is 10.0 Å². The molecule has 0 aliphatic heterocycles. The molecule has 0 aliphatic rings. The fourth-order valence-corrected chi connectivity index (χ4v) is 2.63. The fraction of sp³-hybridized carbons (Fsp3) is 0.0714. The van der Waals surface area contributed by atoms with Crippen LogP contribution in [-0.4, -0.2) is 14.7 Å². The molecule has 1 unspecified atom stereocenters. The summed E-state index contributed by atoms with van der Waals surface area (Å²) in [4.78, 5) is 11.5. The van der Waals surface area contributed by atoms with Crippen molar-refractivity contribution < 1.29 is 13.6 Å². The van der Waals surface area contributed by atoms with Crippen molar-refractivity contribution in [1.29, 1.82) is 0 Å². The van der Waals surface area contributed by atoms with Gasteiger partial charge in [-0.15, -0.1) is 0 Å². The summed E-state index contributed by atoms with van der Waals surface area (Å²) in [6, 6.07) is 13.3. The van der Waals surface area contributed by atoms with Crippen LogP contribution in [0.25, 0.3) is 0 Å². The van der Waals surface area contributed by atoms with E-state index in [9.17, 15) is 13.6 Å². The van der Waals surface area contributed by atoms with E-state index in [1.807, 2.05) is 6.07 Å². The number of nitrogens with two attached hydrogens (primary N) is 1. The molecule has 0 saturated heterocycles. The number of carbonyl (C=O) groups excluding carboxylic acids is 1. The Morgan fingerprint density at radius 2 is 1.65 bits per heavy atom. The quantitative estimate of drug-likeness (QED) is 0.874. The first-order valence-electron chi connectivity index (χ1n) is 5.86. The van der Waals surface area contributed by atoms with Gasteiger partial charge in [0.1, 0.15) is 0 Å². The number of anilines is 2. The third-order valence-electron chi connectivity index (χ3n) is 2.87. The molecule has 2 aromatic rings. The maximum Gasteiger partial charge on any atom is 0.250 e. The Morgan fingerprint density at radius 3 is 2.20 bits per heavy atom. The molecule has 20 heavy (non-hydrogen) atoms. The normalized spacial score (nSPS) is 11.9. The van der Waals surface area contributed by atoms with Gasteiger partial charge in [-0.25, -0.2) is 0 Å². The minimum atomic E-state index is -2.57. The van der Waals surface area contributed by atoms with Gasteiger partial charge in [0, 0.05) is 0 Å². The molecule has 6 heteroatoms. The molecule has 0 saturated carbocycles. The predicted molar refractivity (Wildman–Crippen MR) is 77.2 cm³/mol. The van der Waals surface area contributed by atoms with Gasteiger partial charge in [0.05, 0.1) is 28.2 Å². The van der Waals surface area contributed by atoms with E-state index in [0.29, 0.717) is 5.69 Å². The fourth-order valence-electron chi connectivity index (χ4n) is 1.94. The lowest BCUT2D eigenvalue weighted by molar-refractivity contribution is 0.100. The van der Waals surface area contributed by atoms with E-state index >= 15 is 0 Å². The SMILES string of the molecule is Cc1ccccc1N(c1ccccc1C(N)=O)S(=O)[O-]. The molecule has 1 atom stereocenters. The van der Waals surface area contributed by atoms with Crippen molar-refractivity contribution in [2.45, 2.75) is 6.92 Å². The van der Waals surface area contributed by atoms with Crippen molar-refractivity contribution in [3.63, 3.8) is 0 Å². The van der Waals surface area contributed by atoms with Crippen molar-refractivity contribution in [3.05, 3.63) is 59.7 Å². The molecular formula is C14H13N2O3S-. The van der Waals surface area contributed by atoms with Gasteiger partial charge < -0.3 is 10.3 Å². The average molecular weight is 289 g/mol. The summed E-state index contributed by atoms with van der Waals surface area (Å²) in [7, 11) is 0. The van der Waals surface area contributed by atoms with Crippen molar-refractivity contribution in [1.82, 2.24) is 0 Å². The first-order valence-corrected chi connectivity index (χ1v) is 6.89. The zero-order chi connectivity index (χ0) is 14.7. The van der Waals surface area contributed by atoms with Crippen LogP contribution in [0.3, 0.4) is 0 Å². The maximum atomic E-state index is 11.6. The van der Waals surface area contributed by atoms with Crippen LogP contribution in [-0.2, 0) is 11.3 Å².